The number of carboxylic acids is 1. The molecule has 7 heteroatoms. The van der Waals surface area contributed by atoms with Crippen molar-refractivity contribution in [2.24, 2.45) is 5.73 Å². The van der Waals surface area contributed by atoms with Crippen LogP contribution >= 0.6 is 0 Å². The molecule has 1 unspecified atom stereocenters. The minimum absolute atomic E-state index is 0.423. The van der Waals surface area contributed by atoms with Crippen molar-refractivity contribution in [1.29, 1.82) is 0 Å². The van der Waals surface area contributed by atoms with E-state index >= 15 is 0 Å². The third-order valence-corrected chi connectivity index (χ3v) is 2.65. The highest BCUT2D eigenvalue weighted by Gasteiger charge is 2.21. The van der Waals surface area contributed by atoms with Gasteiger partial charge in [-0.25, -0.2) is 4.79 Å². The predicted molar refractivity (Wildman–Crippen MR) is 73.3 cm³/mol. The Kier molecular flexibility index (Phi) is 5.08. The summed E-state index contributed by atoms with van der Waals surface area (Å²) in [6, 6.07) is 5.20. The number of hydrogen-bond acceptors (Lipinski definition) is 3. The third-order valence-electron chi connectivity index (χ3n) is 2.65. The molecule has 0 aliphatic heterocycles. The Morgan fingerprint density at radius 1 is 1.30 bits per heavy atom. The summed E-state index contributed by atoms with van der Waals surface area (Å²) in [4.78, 5) is 34.8. The van der Waals surface area contributed by atoms with Gasteiger partial charge in [-0.15, -0.1) is 0 Å². The molecule has 1 atom stereocenters. The molecule has 3 amide bonds. The summed E-state index contributed by atoms with van der Waals surface area (Å²) < 4.78 is 0. The van der Waals surface area contributed by atoms with Crippen molar-refractivity contribution in [3.8, 4) is 0 Å². The number of nitrogens with zero attached hydrogens (tertiary/aromatic N) is 1. The molecular formula is C13H17N3O4. The van der Waals surface area contributed by atoms with Crippen molar-refractivity contribution in [3.63, 3.8) is 0 Å². The standard InChI is InChI=1S/C13H17N3O4/c1-8-3-5-10(6-4-8)16(7-11(17)18)13(20)15-9(2)12(14)19/h3-6,9H,7H2,1-2H3,(H2,14,19)(H,15,20)(H,17,18). The Bertz CT molecular complexity index is 513. The Labute approximate surface area is 116 Å². The molecule has 0 fully saturated rings. The van der Waals surface area contributed by atoms with E-state index in [9.17, 15) is 14.4 Å². The number of aryl methyl sites for hydroxylation is 1. The van der Waals surface area contributed by atoms with Gasteiger partial charge in [0.25, 0.3) is 0 Å². The second kappa shape index (κ2) is 6.55. The van der Waals surface area contributed by atoms with Crippen LogP contribution < -0.4 is 16.0 Å². The zero-order valence-electron chi connectivity index (χ0n) is 11.3. The van der Waals surface area contributed by atoms with E-state index in [0.29, 0.717) is 5.69 Å². The normalized spacial score (nSPS) is 11.5. The van der Waals surface area contributed by atoms with Crippen LogP contribution in [-0.4, -0.2) is 35.6 Å². The number of nitrogens with two attached hydrogens (primary N) is 1. The fourth-order valence-corrected chi connectivity index (χ4v) is 1.47. The number of hydrogen-bond donors (Lipinski definition) is 3. The smallest absolute Gasteiger partial charge is 0.323 e. The quantitative estimate of drug-likeness (QED) is 0.727. The molecule has 1 rings (SSSR count). The maximum absolute atomic E-state index is 12.0. The van der Waals surface area contributed by atoms with Gasteiger partial charge in [0, 0.05) is 5.69 Å². The van der Waals surface area contributed by atoms with Crippen LogP contribution in [-0.2, 0) is 9.59 Å². The van der Waals surface area contributed by atoms with Crippen LogP contribution in [0.25, 0.3) is 0 Å². The Hall–Kier alpha value is -2.57. The Balaban J connectivity index is 2.94. The molecule has 1 aromatic rings. The first-order valence-electron chi connectivity index (χ1n) is 5.97. The highest BCUT2D eigenvalue weighted by Crippen LogP contribution is 2.15. The molecule has 1 aromatic carbocycles. The zero-order valence-corrected chi connectivity index (χ0v) is 11.3. The number of primary amides is 1. The average molecular weight is 279 g/mol. The van der Waals surface area contributed by atoms with Gasteiger partial charge in [0.05, 0.1) is 0 Å². The van der Waals surface area contributed by atoms with Gasteiger partial charge in [0.15, 0.2) is 0 Å². The van der Waals surface area contributed by atoms with Crippen molar-refractivity contribution in [1.82, 2.24) is 5.32 Å². The molecule has 0 aliphatic rings. The second-order valence-electron chi connectivity index (χ2n) is 4.39. The van der Waals surface area contributed by atoms with Gasteiger partial charge in [-0.3, -0.25) is 14.5 Å². The van der Waals surface area contributed by atoms with Crippen molar-refractivity contribution < 1.29 is 19.5 Å². The molecule has 0 heterocycles. The van der Waals surface area contributed by atoms with Gasteiger partial charge >= 0.3 is 12.0 Å². The Morgan fingerprint density at radius 2 is 1.85 bits per heavy atom. The summed E-state index contributed by atoms with van der Waals surface area (Å²) in [6.45, 7) is 2.79. The van der Waals surface area contributed by atoms with Crippen LogP contribution in [0, 0.1) is 6.92 Å². The van der Waals surface area contributed by atoms with Crippen molar-refractivity contribution >= 4 is 23.6 Å². The fraction of sp³-hybridized carbons (Fsp3) is 0.308. The summed E-state index contributed by atoms with van der Waals surface area (Å²) in [6.07, 6.45) is 0. The summed E-state index contributed by atoms with van der Waals surface area (Å²) in [5, 5.41) is 11.2. The first-order chi connectivity index (χ1) is 9.31. The van der Waals surface area contributed by atoms with Gasteiger partial charge in [-0.05, 0) is 26.0 Å². The lowest BCUT2D eigenvalue weighted by Gasteiger charge is -2.23. The molecule has 7 nitrogen and oxygen atoms in total. The summed E-state index contributed by atoms with van der Waals surface area (Å²) >= 11 is 0. The number of urea groups is 1. The number of carbonyl (C=O) groups is 3. The Morgan fingerprint density at radius 3 is 2.30 bits per heavy atom. The number of amides is 3. The third kappa shape index (κ3) is 4.27. The van der Waals surface area contributed by atoms with Crippen LogP contribution in [0.2, 0.25) is 0 Å². The minimum atomic E-state index is -1.16. The molecule has 0 saturated heterocycles. The molecular weight excluding hydrogens is 262 g/mol. The lowest BCUT2D eigenvalue weighted by molar-refractivity contribution is -0.135. The van der Waals surface area contributed by atoms with Gasteiger partial charge in [-0.1, -0.05) is 17.7 Å². The molecule has 0 saturated carbocycles. The van der Waals surface area contributed by atoms with E-state index in [0.717, 1.165) is 10.5 Å². The van der Waals surface area contributed by atoms with Gasteiger partial charge in [-0.2, -0.15) is 0 Å². The maximum Gasteiger partial charge on any atom is 0.323 e. The van der Waals surface area contributed by atoms with E-state index in [4.69, 9.17) is 10.8 Å². The van der Waals surface area contributed by atoms with E-state index in [1.807, 2.05) is 6.92 Å². The average Bonchev–Trinajstić information content (AvgIpc) is 2.36. The molecule has 0 aromatic heterocycles. The van der Waals surface area contributed by atoms with Gasteiger partial charge in [0.2, 0.25) is 5.91 Å². The monoisotopic (exact) mass is 279 g/mol. The highest BCUT2D eigenvalue weighted by atomic mass is 16.4. The topological polar surface area (TPSA) is 113 Å². The van der Waals surface area contributed by atoms with E-state index in [1.54, 1.807) is 24.3 Å². The molecule has 108 valence electrons. The number of rotatable bonds is 5. The molecule has 0 bridgehead atoms. The largest absolute Gasteiger partial charge is 0.480 e. The number of aliphatic carboxylic acids is 1. The van der Waals surface area contributed by atoms with E-state index in [-0.39, 0.29) is 0 Å². The van der Waals surface area contributed by atoms with Gasteiger partial charge < -0.3 is 16.2 Å². The first-order valence-corrected chi connectivity index (χ1v) is 5.97. The predicted octanol–water partition coefficient (Wildman–Crippen LogP) is 0.469. The van der Waals surface area contributed by atoms with Crippen LogP contribution in [0.5, 0.6) is 0 Å². The van der Waals surface area contributed by atoms with Crippen molar-refractivity contribution in [2.45, 2.75) is 19.9 Å². The highest BCUT2D eigenvalue weighted by molar-refractivity contribution is 5.98. The zero-order chi connectivity index (χ0) is 15.3. The number of carbonyl (C=O) groups excluding carboxylic acids is 2. The molecule has 20 heavy (non-hydrogen) atoms. The number of anilines is 1. The van der Waals surface area contributed by atoms with Crippen LogP contribution in [0.4, 0.5) is 10.5 Å². The number of benzene rings is 1. The summed E-state index contributed by atoms with van der Waals surface area (Å²) in [5.41, 5.74) is 6.46. The summed E-state index contributed by atoms with van der Waals surface area (Å²) in [5.74, 6) is -1.86. The number of nitrogens with one attached hydrogen (secondary N) is 1. The summed E-state index contributed by atoms with van der Waals surface area (Å²) in [7, 11) is 0. The van der Waals surface area contributed by atoms with Crippen LogP contribution in [0.15, 0.2) is 24.3 Å². The van der Waals surface area contributed by atoms with E-state index in [2.05, 4.69) is 5.32 Å². The second-order valence-corrected chi connectivity index (χ2v) is 4.39. The number of carboxylic acid groups (broad SMARTS) is 1. The first kappa shape index (κ1) is 15.5. The molecule has 0 radical (unpaired) electrons. The van der Waals surface area contributed by atoms with Crippen LogP contribution in [0.3, 0.4) is 0 Å². The van der Waals surface area contributed by atoms with E-state index < -0.39 is 30.5 Å². The molecule has 4 N–H and O–H groups in total. The lowest BCUT2D eigenvalue weighted by atomic mass is 10.2. The van der Waals surface area contributed by atoms with Crippen LogP contribution in [0.1, 0.15) is 12.5 Å². The maximum atomic E-state index is 12.0. The fourth-order valence-electron chi connectivity index (χ4n) is 1.47. The lowest BCUT2D eigenvalue weighted by Crippen LogP contribution is -2.50. The van der Waals surface area contributed by atoms with Gasteiger partial charge in [0.1, 0.15) is 12.6 Å². The van der Waals surface area contributed by atoms with Crippen molar-refractivity contribution in [3.05, 3.63) is 29.8 Å². The minimum Gasteiger partial charge on any atom is -0.480 e. The van der Waals surface area contributed by atoms with Crippen molar-refractivity contribution in [2.75, 3.05) is 11.4 Å². The molecule has 0 aliphatic carbocycles. The molecule has 0 spiro atoms. The SMILES string of the molecule is Cc1ccc(N(CC(=O)O)C(=O)NC(C)C(N)=O)cc1. The van der Waals surface area contributed by atoms with E-state index in [1.165, 1.54) is 6.92 Å².